The van der Waals surface area contributed by atoms with Gasteiger partial charge in [0.15, 0.2) is 0 Å². The van der Waals surface area contributed by atoms with Crippen LogP contribution in [0, 0.1) is 0 Å². The zero-order valence-corrected chi connectivity index (χ0v) is 28.5. The summed E-state index contributed by atoms with van der Waals surface area (Å²) in [6.07, 6.45) is -22.3. The summed E-state index contributed by atoms with van der Waals surface area (Å²) in [6.45, 7) is -3.56. The minimum absolute atomic E-state index is 0.775. The second-order valence-electron chi connectivity index (χ2n) is 11.3. The Hall–Kier alpha value is -1.29. The molecular weight excluding hydrogens is 981 g/mol. The van der Waals surface area contributed by atoms with Crippen molar-refractivity contribution in [2.45, 2.75) is 100 Å². The van der Waals surface area contributed by atoms with Crippen molar-refractivity contribution in [2.24, 2.45) is 0 Å². The summed E-state index contributed by atoms with van der Waals surface area (Å²) in [4.78, 5) is 9.18. The van der Waals surface area contributed by atoms with Crippen molar-refractivity contribution in [3.05, 3.63) is 0 Å². The van der Waals surface area contributed by atoms with E-state index in [0.717, 1.165) is 0 Å². The lowest BCUT2D eigenvalue weighted by Crippen LogP contribution is -2.72. The SMILES string of the molecule is O=P1(O)OCC(SCCC(F)(F)C(F)(F)C(F)(F)C(F)(F)C(F)(F)C(F)(F)C(F)(F)F)(SCCC(F)(F)C(F)(F)C(F)(F)C(F)(F)C(F)(F)C(F)(F)C(F)(F)F)CO1. The zero-order valence-electron chi connectivity index (χ0n) is 26.0. The summed E-state index contributed by atoms with van der Waals surface area (Å²) in [5, 5.41) is 0. The Morgan fingerprint density at radius 1 is 0.397 bits per heavy atom. The standard InChI is InChI=1S/C21H13F30O4PS2/c22-8(23,10(26,27)12(30,31)14(34,35)16(38,39)18(42,43)20(46,47)48)1-3-57-7(5-54-56(52,53)55-6-7)58-4-2-9(24,25)11(28,29)13(32,33)15(36,37)17(40,41)19(44,45)21(49,50)51/h1-6H2,(H,52,53). The summed E-state index contributed by atoms with van der Waals surface area (Å²) in [5.74, 6) is -103. The molecule has 0 unspecified atom stereocenters. The Balaban J connectivity index is 3.43. The van der Waals surface area contributed by atoms with Crippen LogP contribution in [0.2, 0.25) is 0 Å². The van der Waals surface area contributed by atoms with Gasteiger partial charge in [-0.05, 0) is 0 Å². The first-order chi connectivity index (χ1) is 24.8. The molecule has 1 rings (SSSR count). The van der Waals surface area contributed by atoms with Gasteiger partial charge in [-0.2, -0.15) is 132 Å². The molecule has 0 aromatic heterocycles. The molecule has 0 amide bonds. The Labute approximate surface area is 307 Å². The molecule has 0 atom stereocenters. The maximum absolute atomic E-state index is 14.3. The molecule has 37 heteroatoms. The van der Waals surface area contributed by atoms with Gasteiger partial charge in [-0.3, -0.25) is 9.05 Å². The molecule has 1 saturated heterocycles. The molecule has 4 nitrogen and oxygen atoms in total. The van der Waals surface area contributed by atoms with E-state index < -0.39 is 156 Å². The second-order valence-corrected chi connectivity index (χ2v) is 15.9. The fourth-order valence-corrected chi connectivity index (χ4v) is 7.74. The number of hydrogen-bond donors (Lipinski definition) is 1. The van der Waals surface area contributed by atoms with E-state index in [4.69, 9.17) is 0 Å². The van der Waals surface area contributed by atoms with Crippen molar-refractivity contribution in [3.63, 3.8) is 0 Å². The first-order valence-corrected chi connectivity index (χ1v) is 16.9. The summed E-state index contributed by atoms with van der Waals surface area (Å²) in [6, 6.07) is 0. The predicted molar refractivity (Wildman–Crippen MR) is 130 cm³/mol. The molecule has 1 aliphatic heterocycles. The number of thioether (sulfide) groups is 2. The van der Waals surface area contributed by atoms with Crippen molar-refractivity contribution in [3.8, 4) is 0 Å². The van der Waals surface area contributed by atoms with Crippen LogP contribution < -0.4 is 0 Å². The Bertz CT molecular complexity index is 1400. The lowest BCUT2D eigenvalue weighted by Gasteiger charge is -2.42. The van der Waals surface area contributed by atoms with Crippen LogP contribution in [-0.2, 0) is 13.6 Å². The van der Waals surface area contributed by atoms with Gasteiger partial charge in [-0.1, -0.05) is 0 Å². The van der Waals surface area contributed by atoms with Crippen LogP contribution in [-0.4, -0.2) is 117 Å². The first-order valence-electron chi connectivity index (χ1n) is 13.4. The minimum atomic E-state index is -8.73. The number of phosphoric ester groups is 1. The molecule has 0 spiro atoms. The van der Waals surface area contributed by atoms with Crippen molar-refractivity contribution >= 4 is 31.3 Å². The minimum Gasteiger partial charge on any atom is -0.302 e. The van der Waals surface area contributed by atoms with Crippen molar-refractivity contribution in [2.75, 3.05) is 24.7 Å². The number of alkyl halides is 30. The van der Waals surface area contributed by atoms with Gasteiger partial charge in [0.2, 0.25) is 0 Å². The summed E-state index contributed by atoms with van der Waals surface area (Å²) in [7, 11) is -5.37. The van der Waals surface area contributed by atoms with Gasteiger partial charge in [0.1, 0.15) is 4.08 Å². The maximum atomic E-state index is 14.3. The van der Waals surface area contributed by atoms with Gasteiger partial charge >= 0.3 is 91.2 Å². The van der Waals surface area contributed by atoms with Crippen molar-refractivity contribution in [1.29, 1.82) is 0 Å². The third-order valence-corrected chi connectivity index (χ3v) is 11.2. The molecule has 348 valence electrons. The largest absolute Gasteiger partial charge is 0.472 e. The van der Waals surface area contributed by atoms with Crippen LogP contribution >= 0.6 is 31.3 Å². The predicted octanol–water partition coefficient (Wildman–Crippen LogP) is 11.8. The van der Waals surface area contributed by atoms with Crippen molar-refractivity contribution < 1.29 is 150 Å². The lowest BCUT2D eigenvalue weighted by molar-refractivity contribution is -0.452. The van der Waals surface area contributed by atoms with Crippen LogP contribution in [0.15, 0.2) is 0 Å². The molecule has 0 saturated carbocycles. The highest BCUT2D eigenvalue weighted by Gasteiger charge is 2.94. The highest BCUT2D eigenvalue weighted by molar-refractivity contribution is 8.18. The zero-order chi connectivity index (χ0) is 47.1. The topological polar surface area (TPSA) is 55.8 Å². The van der Waals surface area contributed by atoms with Crippen molar-refractivity contribution in [1.82, 2.24) is 0 Å². The van der Waals surface area contributed by atoms with Gasteiger partial charge < -0.3 is 4.89 Å². The van der Waals surface area contributed by atoms with E-state index in [9.17, 15) is 141 Å². The molecule has 1 fully saturated rings. The average molecular weight is 994 g/mol. The average Bonchev–Trinajstić information content (AvgIpc) is 3.00. The Morgan fingerprint density at radius 2 is 0.603 bits per heavy atom. The van der Waals surface area contributed by atoms with Crippen LogP contribution in [0.4, 0.5) is 132 Å². The van der Waals surface area contributed by atoms with E-state index in [1.165, 1.54) is 0 Å². The number of phosphoric acid groups is 1. The maximum Gasteiger partial charge on any atom is 0.472 e. The molecular formula is C21H13F30O4PS2. The Kier molecular flexibility index (Phi) is 14.4. The number of hydrogen-bond acceptors (Lipinski definition) is 5. The molecule has 0 radical (unpaired) electrons. The van der Waals surface area contributed by atoms with Crippen LogP contribution in [0.5, 0.6) is 0 Å². The van der Waals surface area contributed by atoms with Gasteiger partial charge in [0.25, 0.3) is 0 Å². The third kappa shape index (κ3) is 8.44. The lowest BCUT2D eigenvalue weighted by atomic mass is 9.90. The molecule has 1 aliphatic rings. The van der Waals surface area contributed by atoms with E-state index in [0.29, 0.717) is 0 Å². The smallest absolute Gasteiger partial charge is 0.302 e. The van der Waals surface area contributed by atoms with E-state index >= 15 is 0 Å². The third-order valence-electron chi connectivity index (χ3n) is 7.24. The highest BCUT2D eigenvalue weighted by Crippen LogP contribution is 2.65. The quantitative estimate of drug-likeness (QED) is 0.0839. The summed E-state index contributed by atoms with van der Waals surface area (Å²) >= 11 is -1.55. The van der Waals surface area contributed by atoms with Gasteiger partial charge in [0, 0.05) is 24.3 Å². The van der Waals surface area contributed by atoms with E-state index in [2.05, 4.69) is 9.05 Å². The first kappa shape index (κ1) is 54.7. The molecule has 0 aromatic rings. The highest BCUT2D eigenvalue weighted by atomic mass is 32.2. The normalized spacial score (nSPS) is 19.4. The molecule has 1 N–H and O–H groups in total. The number of halogens is 30. The molecule has 1 heterocycles. The molecule has 0 bridgehead atoms. The second kappa shape index (κ2) is 15.2. The monoisotopic (exact) mass is 994 g/mol. The van der Waals surface area contributed by atoms with Crippen LogP contribution in [0.3, 0.4) is 0 Å². The molecule has 0 aliphatic carbocycles. The molecule has 0 aromatic carbocycles. The van der Waals surface area contributed by atoms with E-state index in [1.807, 2.05) is 0 Å². The van der Waals surface area contributed by atoms with Crippen LogP contribution in [0.25, 0.3) is 0 Å². The molecule has 58 heavy (non-hydrogen) atoms. The Morgan fingerprint density at radius 3 is 0.828 bits per heavy atom. The van der Waals surface area contributed by atoms with E-state index in [1.54, 1.807) is 0 Å². The van der Waals surface area contributed by atoms with Gasteiger partial charge in [-0.25, -0.2) is 4.57 Å². The van der Waals surface area contributed by atoms with Crippen LogP contribution in [0.1, 0.15) is 12.8 Å². The van der Waals surface area contributed by atoms with E-state index in [-0.39, 0.29) is 0 Å². The number of rotatable bonds is 18. The summed E-state index contributed by atoms with van der Waals surface area (Å²) < 4.78 is 419. The summed E-state index contributed by atoms with van der Waals surface area (Å²) in [5.41, 5.74) is 0. The fraction of sp³-hybridized carbons (Fsp3) is 1.00. The fourth-order valence-electron chi connectivity index (χ4n) is 3.69. The van der Waals surface area contributed by atoms with Gasteiger partial charge in [-0.15, -0.1) is 23.5 Å². The van der Waals surface area contributed by atoms with Gasteiger partial charge in [0.05, 0.1) is 13.2 Å².